The van der Waals surface area contributed by atoms with Crippen LogP contribution < -0.4 is 11.1 Å². The predicted octanol–water partition coefficient (Wildman–Crippen LogP) is 2.93. The van der Waals surface area contributed by atoms with E-state index in [1.54, 1.807) is 19.2 Å². The molecule has 8 heteroatoms. The second-order valence-corrected chi connectivity index (χ2v) is 9.18. The van der Waals surface area contributed by atoms with Gasteiger partial charge < -0.3 is 25.3 Å². The molecule has 2 aromatic carbocycles. The molecule has 0 unspecified atom stereocenters. The Hall–Kier alpha value is -3.23. The molecule has 1 fully saturated rings. The van der Waals surface area contributed by atoms with Gasteiger partial charge in [-0.15, -0.1) is 0 Å². The van der Waals surface area contributed by atoms with Crippen molar-refractivity contribution in [1.82, 2.24) is 19.8 Å². The Kier molecular flexibility index (Phi) is 8.50. The summed E-state index contributed by atoms with van der Waals surface area (Å²) in [6.07, 6.45) is 3.03. The number of nitrogens with zero attached hydrogens (tertiary/aromatic N) is 3. The average molecular weight is 478 g/mol. The van der Waals surface area contributed by atoms with E-state index in [4.69, 9.17) is 15.5 Å². The summed E-state index contributed by atoms with van der Waals surface area (Å²) in [7, 11) is 1.72. The first-order chi connectivity index (χ1) is 17.1. The number of methoxy groups -OCH3 is 1. The number of nitrogens with one attached hydrogen (secondary N) is 1. The van der Waals surface area contributed by atoms with E-state index in [1.165, 1.54) is 0 Å². The molecular formula is C27H35N5O3. The smallest absolute Gasteiger partial charge is 0.251 e. The van der Waals surface area contributed by atoms with Gasteiger partial charge in [0.25, 0.3) is 5.91 Å². The van der Waals surface area contributed by atoms with Crippen LogP contribution in [0.25, 0.3) is 11.0 Å². The number of hydrogen-bond donors (Lipinski definition) is 2. The Balaban J connectivity index is 1.37. The number of rotatable bonds is 10. The zero-order chi connectivity index (χ0) is 24.6. The van der Waals surface area contributed by atoms with Gasteiger partial charge in [-0.2, -0.15) is 0 Å². The van der Waals surface area contributed by atoms with Crippen LogP contribution >= 0.6 is 0 Å². The number of benzene rings is 2. The van der Waals surface area contributed by atoms with Crippen LogP contribution in [-0.4, -0.2) is 65.7 Å². The number of piperidine rings is 1. The van der Waals surface area contributed by atoms with Gasteiger partial charge in [0.15, 0.2) is 0 Å². The van der Waals surface area contributed by atoms with Crippen LogP contribution in [-0.2, 0) is 16.1 Å². The number of nitrogens with two attached hydrogens (primary N) is 1. The van der Waals surface area contributed by atoms with Crippen molar-refractivity contribution in [1.29, 1.82) is 0 Å². The zero-order valence-corrected chi connectivity index (χ0v) is 20.4. The summed E-state index contributed by atoms with van der Waals surface area (Å²) >= 11 is 0. The highest BCUT2D eigenvalue weighted by atomic mass is 16.5. The van der Waals surface area contributed by atoms with Crippen LogP contribution in [0, 0.1) is 0 Å². The van der Waals surface area contributed by atoms with Gasteiger partial charge in [-0.3, -0.25) is 9.59 Å². The molecule has 2 amide bonds. The first kappa shape index (κ1) is 24.9. The van der Waals surface area contributed by atoms with Crippen LogP contribution in [0.3, 0.4) is 0 Å². The molecule has 1 aliphatic heterocycles. The fraction of sp³-hybridized carbons (Fsp3) is 0.444. The number of likely N-dealkylation sites (tertiary alicyclic amines) is 1. The van der Waals surface area contributed by atoms with Crippen LogP contribution in [0.4, 0.5) is 0 Å². The highest BCUT2D eigenvalue weighted by molar-refractivity contribution is 5.94. The van der Waals surface area contributed by atoms with Crippen molar-refractivity contribution in [2.24, 2.45) is 5.73 Å². The second-order valence-electron chi connectivity index (χ2n) is 9.18. The molecule has 8 nitrogen and oxygen atoms in total. The summed E-state index contributed by atoms with van der Waals surface area (Å²) in [5, 5.41) is 2.83. The molecule has 4 rings (SSSR count). The number of carbonyl (C=O) groups excluding carboxylic acids is 2. The molecule has 1 aliphatic rings. The minimum atomic E-state index is -0.436. The molecule has 0 aliphatic carbocycles. The Morgan fingerprint density at radius 2 is 1.94 bits per heavy atom. The summed E-state index contributed by atoms with van der Waals surface area (Å²) in [5.74, 6) is 1.06. The van der Waals surface area contributed by atoms with Crippen molar-refractivity contribution in [3.63, 3.8) is 0 Å². The van der Waals surface area contributed by atoms with Crippen LogP contribution in [0.1, 0.15) is 47.8 Å². The minimum absolute atomic E-state index is 0.0261. The molecule has 2 atom stereocenters. The monoisotopic (exact) mass is 477 g/mol. The maximum Gasteiger partial charge on any atom is 0.251 e. The molecule has 1 aromatic heterocycles. The van der Waals surface area contributed by atoms with E-state index >= 15 is 0 Å². The topological polar surface area (TPSA) is 102 Å². The minimum Gasteiger partial charge on any atom is -0.385 e. The number of para-hydroxylation sites is 2. The number of fused-ring (bicyclic) bond motifs is 1. The molecular weight excluding hydrogens is 442 g/mol. The molecule has 0 spiro atoms. The Morgan fingerprint density at radius 1 is 1.17 bits per heavy atom. The molecule has 0 bridgehead atoms. The standard InChI is InChI=1S/C27H35N5O3/c1-35-16-8-15-32-24-13-6-5-12-23(24)30-26(32)21-11-7-14-31(19-21)25(33)17-22(28)18-29-27(34)20-9-3-2-4-10-20/h2-6,9-10,12-13,21-22H,7-8,11,14-19,28H2,1H3,(H,29,34)/t21-,22+/m1/s1. The average Bonchev–Trinajstić information content (AvgIpc) is 3.26. The number of aryl methyl sites for hydroxylation is 1. The van der Waals surface area contributed by atoms with E-state index in [2.05, 4.69) is 16.0 Å². The molecule has 0 saturated carbocycles. The van der Waals surface area contributed by atoms with Crippen molar-refractivity contribution in [3.05, 3.63) is 66.0 Å². The third-order valence-corrected chi connectivity index (χ3v) is 6.55. The first-order valence-corrected chi connectivity index (χ1v) is 12.4. The van der Waals surface area contributed by atoms with Gasteiger partial charge >= 0.3 is 0 Å². The lowest BCUT2D eigenvalue weighted by molar-refractivity contribution is -0.132. The van der Waals surface area contributed by atoms with E-state index in [1.807, 2.05) is 41.3 Å². The van der Waals surface area contributed by atoms with E-state index in [9.17, 15) is 9.59 Å². The zero-order valence-electron chi connectivity index (χ0n) is 20.4. The summed E-state index contributed by atoms with van der Waals surface area (Å²) < 4.78 is 7.55. The number of hydrogen-bond acceptors (Lipinski definition) is 5. The molecule has 3 N–H and O–H groups in total. The number of imidazole rings is 1. The Morgan fingerprint density at radius 3 is 2.74 bits per heavy atom. The first-order valence-electron chi connectivity index (χ1n) is 12.4. The van der Waals surface area contributed by atoms with Gasteiger partial charge in [0.1, 0.15) is 5.82 Å². The van der Waals surface area contributed by atoms with Crippen molar-refractivity contribution in [2.45, 2.75) is 44.2 Å². The molecule has 1 saturated heterocycles. The highest BCUT2D eigenvalue weighted by Crippen LogP contribution is 2.30. The maximum absolute atomic E-state index is 13.1. The van der Waals surface area contributed by atoms with Crippen LogP contribution in [0.15, 0.2) is 54.6 Å². The van der Waals surface area contributed by atoms with E-state index < -0.39 is 6.04 Å². The van der Waals surface area contributed by atoms with Gasteiger partial charge in [0, 0.05) is 63.8 Å². The van der Waals surface area contributed by atoms with Crippen molar-refractivity contribution in [2.75, 3.05) is 33.4 Å². The lowest BCUT2D eigenvalue weighted by atomic mass is 9.96. The van der Waals surface area contributed by atoms with Gasteiger partial charge in [0.05, 0.1) is 11.0 Å². The van der Waals surface area contributed by atoms with Crippen molar-refractivity contribution in [3.8, 4) is 0 Å². The summed E-state index contributed by atoms with van der Waals surface area (Å²) in [5.41, 5.74) is 8.90. The number of carbonyl (C=O) groups is 2. The van der Waals surface area contributed by atoms with Gasteiger partial charge in [-0.1, -0.05) is 30.3 Å². The molecule has 2 heterocycles. The van der Waals surface area contributed by atoms with Gasteiger partial charge in [-0.25, -0.2) is 4.98 Å². The number of amides is 2. The largest absolute Gasteiger partial charge is 0.385 e. The lowest BCUT2D eigenvalue weighted by Crippen LogP contribution is -2.45. The van der Waals surface area contributed by atoms with Crippen molar-refractivity contribution >= 4 is 22.8 Å². The number of aromatic nitrogens is 2. The van der Waals surface area contributed by atoms with Gasteiger partial charge in [0.2, 0.25) is 5.91 Å². The molecule has 35 heavy (non-hydrogen) atoms. The summed E-state index contributed by atoms with van der Waals surface area (Å²) in [6.45, 7) is 3.14. The van der Waals surface area contributed by atoms with Crippen LogP contribution in [0.5, 0.6) is 0 Å². The Bertz CT molecular complexity index is 1130. The third kappa shape index (κ3) is 6.26. The lowest BCUT2D eigenvalue weighted by Gasteiger charge is -2.33. The SMILES string of the molecule is COCCCn1c([C@@H]2CCCN(C(=O)C[C@H](N)CNC(=O)c3ccccc3)C2)nc2ccccc21. The van der Waals surface area contributed by atoms with E-state index in [0.717, 1.165) is 49.2 Å². The maximum atomic E-state index is 13.1. The Labute approximate surface area is 206 Å². The quantitative estimate of drug-likeness (QED) is 0.437. The van der Waals surface area contributed by atoms with E-state index in [0.29, 0.717) is 18.7 Å². The van der Waals surface area contributed by atoms with Crippen LogP contribution in [0.2, 0.25) is 0 Å². The number of ether oxygens (including phenoxy) is 1. The fourth-order valence-corrected chi connectivity index (χ4v) is 4.76. The molecule has 0 radical (unpaired) electrons. The van der Waals surface area contributed by atoms with Gasteiger partial charge in [-0.05, 0) is 43.5 Å². The molecule has 186 valence electrons. The third-order valence-electron chi connectivity index (χ3n) is 6.55. The normalized spacial score (nSPS) is 16.9. The van der Waals surface area contributed by atoms with E-state index in [-0.39, 0.29) is 30.7 Å². The fourth-order valence-electron chi connectivity index (χ4n) is 4.76. The summed E-state index contributed by atoms with van der Waals surface area (Å²) in [4.78, 5) is 32.2. The predicted molar refractivity (Wildman–Crippen MR) is 136 cm³/mol. The second kappa shape index (κ2) is 12.0. The highest BCUT2D eigenvalue weighted by Gasteiger charge is 2.29. The molecule has 3 aromatic rings. The van der Waals surface area contributed by atoms with Crippen molar-refractivity contribution < 1.29 is 14.3 Å². The summed E-state index contributed by atoms with van der Waals surface area (Å²) in [6, 6.07) is 16.8.